The van der Waals surface area contributed by atoms with E-state index in [0.717, 1.165) is 12.0 Å². The summed E-state index contributed by atoms with van der Waals surface area (Å²) in [7, 11) is 1.60. The maximum absolute atomic E-state index is 12.6. The van der Waals surface area contributed by atoms with E-state index in [1.807, 2.05) is 25.1 Å². The molecule has 1 aliphatic heterocycles. The Labute approximate surface area is 141 Å². The minimum atomic E-state index is -0.157. The molecule has 0 radical (unpaired) electrons. The Kier molecular flexibility index (Phi) is 4.51. The number of nitrogens with one attached hydrogen (secondary N) is 2. The fourth-order valence-electron chi connectivity index (χ4n) is 3.02. The summed E-state index contributed by atoms with van der Waals surface area (Å²) in [5, 5.41) is 5.55. The molecule has 1 aliphatic rings. The Hall–Kier alpha value is -2.82. The van der Waals surface area contributed by atoms with Crippen LogP contribution in [0.4, 0.5) is 10.5 Å². The zero-order valence-corrected chi connectivity index (χ0v) is 13.9. The van der Waals surface area contributed by atoms with Gasteiger partial charge in [-0.2, -0.15) is 0 Å². The van der Waals surface area contributed by atoms with Gasteiger partial charge in [-0.25, -0.2) is 4.79 Å². The SMILES string of the molecule is CNC(=O)c1cccc(NC(=O)N2CCc3ccccc3C2)c1C. The molecule has 0 aliphatic carbocycles. The van der Waals surface area contributed by atoms with E-state index in [-0.39, 0.29) is 11.9 Å². The predicted molar refractivity (Wildman–Crippen MR) is 94.1 cm³/mol. The third-order valence-corrected chi connectivity index (χ3v) is 4.46. The minimum absolute atomic E-state index is 0.137. The number of amides is 3. The van der Waals surface area contributed by atoms with Crippen LogP contribution >= 0.6 is 0 Å². The van der Waals surface area contributed by atoms with Gasteiger partial charge in [0.25, 0.3) is 5.91 Å². The van der Waals surface area contributed by atoms with Crippen LogP contribution in [0.15, 0.2) is 42.5 Å². The molecule has 0 fully saturated rings. The van der Waals surface area contributed by atoms with E-state index in [1.165, 1.54) is 11.1 Å². The standard InChI is InChI=1S/C19H21N3O2/c1-13-16(18(23)20-2)8-5-9-17(13)21-19(24)22-11-10-14-6-3-4-7-15(14)12-22/h3-9H,10-12H2,1-2H3,(H,20,23)(H,21,24). The number of hydrogen-bond acceptors (Lipinski definition) is 2. The van der Waals surface area contributed by atoms with Gasteiger partial charge in [-0.05, 0) is 42.2 Å². The van der Waals surface area contributed by atoms with E-state index in [0.29, 0.717) is 24.3 Å². The van der Waals surface area contributed by atoms with Crippen molar-refractivity contribution in [3.63, 3.8) is 0 Å². The van der Waals surface area contributed by atoms with Crippen LogP contribution in [-0.4, -0.2) is 30.4 Å². The van der Waals surface area contributed by atoms with Gasteiger partial charge in [-0.15, -0.1) is 0 Å². The summed E-state index contributed by atoms with van der Waals surface area (Å²) in [6.45, 7) is 3.14. The molecule has 124 valence electrons. The van der Waals surface area contributed by atoms with Crippen molar-refractivity contribution in [1.29, 1.82) is 0 Å². The van der Waals surface area contributed by atoms with Gasteiger partial charge in [0.05, 0.1) is 0 Å². The van der Waals surface area contributed by atoms with Crippen LogP contribution in [0.2, 0.25) is 0 Å². The normalized spacial score (nSPS) is 13.2. The second-order valence-corrected chi connectivity index (χ2v) is 5.93. The zero-order valence-electron chi connectivity index (χ0n) is 13.9. The lowest BCUT2D eigenvalue weighted by molar-refractivity contribution is 0.0962. The number of carbonyl (C=O) groups excluding carboxylic acids is 2. The first-order valence-corrected chi connectivity index (χ1v) is 8.04. The van der Waals surface area contributed by atoms with Crippen LogP contribution in [0.5, 0.6) is 0 Å². The average molecular weight is 323 g/mol. The van der Waals surface area contributed by atoms with E-state index in [4.69, 9.17) is 0 Å². The summed E-state index contributed by atoms with van der Waals surface area (Å²) in [5.41, 5.74) is 4.50. The van der Waals surface area contributed by atoms with Crippen LogP contribution in [0.1, 0.15) is 27.0 Å². The van der Waals surface area contributed by atoms with Crippen molar-refractivity contribution in [1.82, 2.24) is 10.2 Å². The first kappa shape index (κ1) is 16.1. The van der Waals surface area contributed by atoms with E-state index in [2.05, 4.69) is 22.8 Å². The summed E-state index contributed by atoms with van der Waals surface area (Å²) >= 11 is 0. The molecule has 0 aromatic heterocycles. The van der Waals surface area contributed by atoms with Gasteiger partial charge in [-0.3, -0.25) is 4.79 Å². The smallest absolute Gasteiger partial charge is 0.322 e. The molecule has 2 N–H and O–H groups in total. The van der Waals surface area contributed by atoms with Crippen LogP contribution in [0.3, 0.4) is 0 Å². The molecular weight excluding hydrogens is 302 g/mol. The molecule has 0 bridgehead atoms. The third-order valence-electron chi connectivity index (χ3n) is 4.46. The lowest BCUT2D eigenvalue weighted by Crippen LogP contribution is -2.39. The highest BCUT2D eigenvalue weighted by Crippen LogP contribution is 2.22. The Morgan fingerprint density at radius 1 is 1.04 bits per heavy atom. The van der Waals surface area contributed by atoms with Crippen LogP contribution in [0, 0.1) is 6.92 Å². The molecule has 0 unspecified atom stereocenters. The van der Waals surface area contributed by atoms with Crippen molar-refractivity contribution in [3.8, 4) is 0 Å². The summed E-state index contributed by atoms with van der Waals surface area (Å²) in [5.74, 6) is -0.157. The first-order valence-electron chi connectivity index (χ1n) is 8.04. The van der Waals surface area contributed by atoms with Gasteiger partial charge in [0.2, 0.25) is 0 Å². The van der Waals surface area contributed by atoms with Crippen molar-refractivity contribution in [2.45, 2.75) is 19.9 Å². The van der Waals surface area contributed by atoms with Gasteiger partial charge in [0.1, 0.15) is 0 Å². The quantitative estimate of drug-likeness (QED) is 0.892. The van der Waals surface area contributed by atoms with Crippen LogP contribution in [-0.2, 0) is 13.0 Å². The molecule has 5 heteroatoms. The Morgan fingerprint density at radius 3 is 2.54 bits per heavy atom. The van der Waals surface area contributed by atoms with Crippen molar-refractivity contribution in [2.24, 2.45) is 0 Å². The molecule has 3 amide bonds. The number of anilines is 1. The largest absolute Gasteiger partial charge is 0.355 e. The number of fused-ring (bicyclic) bond motifs is 1. The van der Waals surface area contributed by atoms with Gasteiger partial charge in [0.15, 0.2) is 0 Å². The van der Waals surface area contributed by atoms with E-state index >= 15 is 0 Å². The molecule has 0 saturated heterocycles. The minimum Gasteiger partial charge on any atom is -0.355 e. The number of carbonyl (C=O) groups is 2. The zero-order chi connectivity index (χ0) is 17.1. The molecule has 24 heavy (non-hydrogen) atoms. The highest BCUT2D eigenvalue weighted by Gasteiger charge is 2.21. The Bertz CT molecular complexity index is 786. The fourth-order valence-corrected chi connectivity index (χ4v) is 3.02. The molecule has 2 aromatic rings. The molecule has 3 rings (SSSR count). The topological polar surface area (TPSA) is 61.4 Å². The van der Waals surface area contributed by atoms with Gasteiger partial charge in [-0.1, -0.05) is 30.3 Å². The summed E-state index contributed by atoms with van der Waals surface area (Å²) in [6, 6.07) is 13.4. The van der Waals surface area contributed by atoms with Crippen molar-refractivity contribution >= 4 is 17.6 Å². The van der Waals surface area contributed by atoms with Crippen molar-refractivity contribution in [2.75, 3.05) is 18.9 Å². The maximum atomic E-state index is 12.6. The van der Waals surface area contributed by atoms with Crippen molar-refractivity contribution in [3.05, 3.63) is 64.7 Å². The number of urea groups is 1. The highest BCUT2D eigenvalue weighted by atomic mass is 16.2. The number of benzene rings is 2. The lowest BCUT2D eigenvalue weighted by Gasteiger charge is -2.29. The summed E-state index contributed by atoms with van der Waals surface area (Å²) in [6.07, 6.45) is 0.862. The molecule has 0 spiro atoms. The van der Waals surface area contributed by atoms with E-state index < -0.39 is 0 Å². The average Bonchev–Trinajstić information content (AvgIpc) is 2.62. The molecule has 0 atom stereocenters. The molecule has 0 saturated carbocycles. The second-order valence-electron chi connectivity index (χ2n) is 5.93. The summed E-state index contributed by atoms with van der Waals surface area (Å²) in [4.78, 5) is 26.3. The monoisotopic (exact) mass is 323 g/mol. The Balaban J connectivity index is 1.75. The molecule has 1 heterocycles. The fraction of sp³-hybridized carbons (Fsp3) is 0.263. The third kappa shape index (κ3) is 3.11. The van der Waals surface area contributed by atoms with E-state index in [1.54, 1.807) is 24.1 Å². The Morgan fingerprint density at radius 2 is 1.79 bits per heavy atom. The maximum Gasteiger partial charge on any atom is 0.322 e. The van der Waals surface area contributed by atoms with Gasteiger partial charge in [0, 0.05) is 31.4 Å². The predicted octanol–water partition coefficient (Wildman–Crippen LogP) is 2.94. The summed E-state index contributed by atoms with van der Waals surface area (Å²) < 4.78 is 0. The van der Waals surface area contributed by atoms with Crippen molar-refractivity contribution < 1.29 is 9.59 Å². The number of nitrogens with zero attached hydrogens (tertiary/aromatic N) is 1. The number of hydrogen-bond donors (Lipinski definition) is 2. The van der Waals surface area contributed by atoms with Crippen LogP contribution < -0.4 is 10.6 Å². The van der Waals surface area contributed by atoms with E-state index in [9.17, 15) is 9.59 Å². The highest BCUT2D eigenvalue weighted by molar-refractivity contribution is 5.98. The number of rotatable bonds is 2. The molecule has 2 aromatic carbocycles. The van der Waals surface area contributed by atoms with Gasteiger partial charge < -0.3 is 15.5 Å². The lowest BCUT2D eigenvalue weighted by atomic mass is 10.0. The molecular formula is C19H21N3O2. The van der Waals surface area contributed by atoms with Gasteiger partial charge >= 0.3 is 6.03 Å². The second kappa shape index (κ2) is 6.74. The van der Waals surface area contributed by atoms with Crippen LogP contribution in [0.25, 0.3) is 0 Å². The molecule has 5 nitrogen and oxygen atoms in total. The first-order chi connectivity index (χ1) is 11.6.